The SMILES string of the molecule is CN(C(=O)c1ccnc(CN)c1)C1CCCCCC1. The fourth-order valence-corrected chi connectivity index (χ4v) is 2.74. The van der Waals surface area contributed by atoms with Crippen molar-refractivity contribution in [2.75, 3.05) is 7.05 Å². The van der Waals surface area contributed by atoms with Gasteiger partial charge in [0, 0.05) is 31.4 Å². The van der Waals surface area contributed by atoms with E-state index in [1.165, 1.54) is 25.7 Å². The van der Waals surface area contributed by atoms with Crippen LogP contribution in [0.25, 0.3) is 0 Å². The van der Waals surface area contributed by atoms with E-state index < -0.39 is 0 Å². The maximum absolute atomic E-state index is 12.5. The topological polar surface area (TPSA) is 59.2 Å². The molecule has 1 heterocycles. The van der Waals surface area contributed by atoms with E-state index in [0.29, 0.717) is 18.2 Å². The fourth-order valence-electron chi connectivity index (χ4n) is 2.74. The highest BCUT2D eigenvalue weighted by atomic mass is 16.2. The van der Waals surface area contributed by atoms with Gasteiger partial charge in [-0.15, -0.1) is 0 Å². The Hall–Kier alpha value is -1.42. The van der Waals surface area contributed by atoms with Crippen LogP contribution in [0.15, 0.2) is 18.3 Å². The molecule has 0 aromatic carbocycles. The lowest BCUT2D eigenvalue weighted by molar-refractivity contribution is 0.0717. The van der Waals surface area contributed by atoms with Gasteiger partial charge < -0.3 is 10.6 Å². The quantitative estimate of drug-likeness (QED) is 0.850. The molecular formula is C15H23N3O. The summed E-state index contributed by atoms with van der Waals surface area (Å²) in [5.74, 6) is 0.0870. The molecule has 0 spiro atoms. The van der Waals surface area contributed by atoms with Gasteiger partial charge in [0.2, 0.25) is 0 Å². The highest BCUT2D eigenvalue weighted by Gasteiger charge is 2.22. The molecule has 0 radical (unpaired) electrons. The molecule has 2 rings (SSSR count). The second-order valence-electron chi connectivity index (χ2n) is 5.30. The van der Waals surface area contributed by atoms with Crippen LogP contribution in [0.3, 0.4) is 0 Å². The Labute approximate surface area is 115 Å². The van der Waals surface area contributed by atoms with Crippen LogP contribution in [0.4, 0.5) is 0 Å². The second-order valence-corrected chi connectivity index (χ2v) is 5.30. The van der Waals surface area contributed by atoms with Crippen LogP contribution in [0.2, 0.25) is 0 Å². The Morgan fingerprint density at radius 1 is 1.37 bits per heavy atom. The van der Waals surface area contributed by atoms with E-state index in [4.69, 9.17) is 5.73 Å². The molecule has 104 valence electrons. The number of aromatic nitrogens is 1. The van der Waals surface area contributed by atoms with Crippen LogP contribution in [0, 0.1) is 0 Å². The summed E-state index contributed by atoms with van der Waals surface area (Å²) in [6.07, 6.45) is 8.96. The highest BCUT2D eigenvalue weighted by Crippen LogP contribution is 2.22. The molecule has 0 aliphatic heterocycles. The molecule has 0 unspecified atom stereocenters. The van der Waals surface area contributed by atoms with Crippen molar-refractivity contribution < 1.29 is 4.79 Å². The van der Waals surface area contributed by atoms with Gasteiger partial charge in [-0.05, 0) is 25.0 Å². The Morgan fingerprint density at radius 2 is 2.05 bits per heavy atom. The van der Waals surface area contributed by atoms with Crippen molar-refractivity contribution in [2.45, 2.75) is 51.1 Å². The zero-order chi connectivity index (χ0) is 13.7. The van der Waals surface area contributed by atoms with E-state index >= 15 is 0 Å². The molecule has 0 atom stereocenters. The molecule has 2 N–H and O–H groups in total. The summed E-state index contributed by atoms with van der Waals surface area (Å²) < 4.78 is 0. The minimum Gasteiger partial charge on any atom is -0.339 e. The monoisotopic (exact) mass is 261 g/mol. The summed E-state index contributed by atoms with van der Waals surface area (Å²) in [5, 5.41) is 0. The number of carbonyl (C=O) groups excluding carboxylic acids is 1. The van der Waals surface area contributed by atoms with Crippen LogP contribution >= 0.6 is 0 Å². The van der Waals surface area contributed by atoms with Gasteiger partial charge in [-0.1, -0.05) is 25.7 Å². The third-order valence-corrected chi connectivity index (χ3v) is 3.97. The maximum atomic E-state index is 12.5. The first kappa shape index (κ1) is 14.0. The molecule has 1 aromatic rings. The largest absolute Gasteiger partial charge is 0.339 e. The maximum Gasteiger partial charge on any atom is 0.253 e. The van der Waals surface area contributed by atoms with Gasteiger partial charge in [0.25, 0.3) is 5.91 Å². The fraction of sp³-hybridized carbons (Fsp3) is 0.600. The van der Waals surface area contributed by atoms with Crippen LogP contribution in [0.5, 0.6) is 0 Å². The van der Waals surface area contributed by atoms with Crippen molar-refractivity contribution in [3.8, 4) is 0 Å². The predicted molar refractivity (Wildman–Crippen MR) is 75.7 cm³/mol. The molecule has 4 nitrogen and oxygen atoms in total. The number of amides is 1. The number of hydrogen-bond acceptors (Lipinski definition) is 3. The molecule has 0 saturated heterocycles. The minimum atomic E-state index is 0.0870. The van der Waals surface area contributed by atoms with Gasteiger partial charge in [-0.2, -0.15) is 0 Å². The van der Waals surface area contributed by atoms with Crippen LogP contribution in [-0.4, -0.2) is 28.9 Å². The van der Waals surface area contributed by atoms with Crippen molar-refractivity contribution >= 4 is 5.91 Å². The number of nitrogens with zero attached hydrogens (tertiary/aromatic N) is 2. The average molecular weight is 261 g/mol. The number of hydrogen-bond donors (Lipinski definition) is 1. The molecule has 1 saturated carbocycles. The summed E-state index contributed by atoms with van der Waals surface area (Å²) in [6, 6.07) is 3.95. The Bertz CT molecular complexity index is 425. The van der Waals surface area contributed by atoms with Crippen LogP contribution in [0.1, 0.15) is 54.6 Å². The van der Waals surface area contributed by atoms with Crippen molar-refractivity contribution in [3.05, 3.63) is 29.6 Å². The Balaban J connectivity index is 2.08. The number of nitrogens with two attached hydrogens (primary N) is 1. The first-order valence-corrected chi connectivity index (χ1v) is 7.14. The lowest BCUT2D eigenvalue weighted by Crippen LogP contribution is -2.36. The Kier molecular flexibility index (Phi) is 4.91. The molecule has 1 amide bonds. The zero-order valence-electron chi connectivity index (χ0n) is 11.6. The normalized spacial score (nSPS) is 16.9. The zero-order valence-corrected chi connectivity index (χ0v) is 11.6. The molecule has 1 aliphatic carbocycles. The predicted octanol–water partition coefficient (Wildman–Crippen LogP) is 2.34. The van der Waals surface area contributed by atoms with E-state index in [-0.39, 0.29) is 5.91 Å². The van der Waals surface area contributed by atoms with Gasteiger partial charge in [-0.3, -0.25) is 9.78 Å². The van der Waals surface area contributed by atoms with Crippen molar-refractivity contribution in [3.63, 3.8) is 0 Å². The summed E-state index contributed by atoms with van der Waals surface area (Å²) in [5.41, 5.74) is 7.03. The average Bonchev–Trinajstić information content (AvgIpc) is 2.75. The van der Waals surface area contributed by atoms with E-state index in [2.05, 4.69) is 4.98 Å². The second kappa shape index (κ2) is 6.66. The number of rotatable bonds is 3. The molecule has 1 aliphatic rings. The number of carbonyl (C=O) groups is 1. The third-order valence-electron chi connectivity index (χ3n) is 3.97. The molecule has 1 aromatic heterocycles. The summed E-state index contributed by atoms with van der Waals surface area (Å²) in [4.78, 5) is 18.5. The molecule has 0 bridgehead atoms. The van der Waals surface area contributed by atoms with E-state index in [1.807, 2.05) is 11.9 Å². The third kappa shape index (κ3) is 3.53. The van der Waals surface area contributed by atoms with E-state index in [1.54, 1.807) is 18.3 Å². The van der Waals surface area contributed by atoms with Gasteiger partial charge in [-0.25, -0.2) is 0 Å². The van der Waals surface area contributed by atoms with Gasteiger partial charge >= 0.3 is 0 Å². The lowest BCUT2D eigenvalue weighted by Gasteiger charge is -2.27. The summed E-state index contributed by atoms with van der Waals surface area (Å²) in [7, 11) is 1.92. The van der Waals surface area contributed by atoms with Crippen molar-refractivity contribution in [1.82, 2.24) is 9.88 Å². The van der Waals surface area contributed by atoms with Crippen LogP contribution < -0.4 is 5.73 Å². The molecule has 4 heteroatoms. The number of pyridine rings is 1. The first-order chi connectivity index (χ1) is 9.22. The van der Waals surface area contributed by atoms with Gasteiger partial charge in [0.1, 0.15) is 0 Å². The smallest absolute Gasteiger partial charge is 0.253 e. The molecule has 1 fully saturated rings. The van der Waals surface area contributed by atoms with Crippen molar-refractivity contribution in [1.29, 1.82) is 0 Å². The summed E-state index contributed by atoms with van der Waals surface area (Å²) >= 11 is 0. The van der Waals surface area contributed by atoms with E-state index in [0.717, 1.165) is 18.5 Å². The molecular weight excluding hydrogens is 238 g/mol. The minimum absolute atomic E-state index is 0.0870. The van der Waals surface area contributed by atoms with Crippen molar-refractivity contribution in [2.24, 2.45) is 5.73 Å². The van der Waals surface area contributed by atoms with E-state index in [9.17, 15) is 4.79 Å². The van der Waals surface area contributed by atoms with Gasteiger partial charge in [0.15, 0.2) is 0 Å². The lowest BCUT2D eigenvalue weighted by atomic mass is 10.1. The first-order valence-electron chi connectivity index (χ1n) is 7.14. The Morgan fingerprint density at radius 3 is 2.68 bits per heavy atom. The molecule has 19 heavy (non-hydrogen) atoms. The standard InChI is InChI=1S/C15H23N3O/c1-18(14-6-4-2-3-5-7-14)15(19)12-8-9-17-13(10-12)11-16/h8-10,14H,2-7,11,16H2,1H3. The summed E-state index contributed by atoms with van der Waals surface area (Å²) in [6.45, 7) is 0.369. The van der Waals surface area contributed by atoms with Crippen LogP contribution in [-0.2, 0) is 6.54 Å². The van der Waals surface area contributed by atoms with Gasteiger partial charge in [0.05, 0.1) is 5.69 Å². The highest BCUT2D eigenvalue weighted by molar-refractivity contribution is 5.94.